The van der Waals surface area contributed by atoms with E-state index in [0.29, 0.717) is 5.56 Å². The number of methoxy groups -OCH3 is 1. The number of benzene rings is 2. The normalized spacial score (nSPS) is 10.7. The van der Waals surface area contributed by atoms with E-state index in [1.807, 2.05) is 48.7 Å². The SMILES string of the molecule is COc1ccc2c(Nc3ccc4[nH]ccc4c3)c(C#N)cnc2c1. The van der Waals surface area contributed by atoms with Crippen molar-refractivity contribution in [3.05, 3.63) is 60.4 Å². The van der Waals surface area contributed by atoms with Gasteiger partial charge in [-0.3, -0.25) is 4.98 Å². The van der Waals surface area contributed by atoms with Crippen LogP contribution in [0, 0.1) is 11.3 Å². The molecule has 0 spiro atoms. The molecule has 0 aliphatic rings. The summed E-state index contributed by atoms with van der Waals surface area (Å²) >= 11 is 0. The first-order valence-electron chi connectivity index (χ1n) is 7.49. The molecule has 2 heterocycles. The Morgan fingerprint density at radius 3 is 2.92 bits per heavy atom. The van der Waals surface area contributed by atoms with Crippen molar-refractivity contribution in [3.63, 3.8) is 0 Å². The Morgan fingerprint density at radius 2 is 2.08 bits per heavy atom. The number of H-pyrrole nitrogens is 1. The Morgan fingerprint density at radius 1 is 1.17 bits per heavy atom. The molecule has 4 aromatic rings. The van der Waals surface area contributed by atoms with E-state index in [-0.39, 0.29) is 0 Å². The molecule has 116 valence electrons. The molecule has 24 heavy (non-hydrogen) atoms. The third kappa shape index (κ3) is 2.31. The van der Waals surface area contributed by atoms with Crippen LogP contribution in [0.2, 0.25) is 0 Å². The molecular weight excluding hydrogens is 300 g/mol. The Balaban J connectivity index is 1.85. The molecule has 2 aromatic heterocycles. The summed E-state index contributed by atoms with van der Waals surface area (Å²) in [5, 5.41) is 14.8. The van der Waals surface area contributed by atoms with Crippen molar-refractivity contribution < 1.29 is 4.74 Å². The molecule has 0 saturated heterocycles. The molecular formula is C19H14N4O. The molecule has 0 bridgehead atoms. The molecule has 0 atom stereocenters. The van der Waals surface area contributed by atoms with Gasteiger partial charge in [-0.25, -0.2) is 0 Å². The second kappa shape index (κ2) is 5.60. The van der Waals surface area contributed by atoms with Crippen LogP contribution in [0.25, 0.3) is 21.8 Å². The van der Waals surface area contributed by atoms with Gasteiger partial charge in [0.1, 0.15) is 11.8 Å². The fourth-order valence-corrected chi connectivity index (χ4v) is 2.80. The maximum atomic E-state index is 9.44. The Bertz CT molecular complexity index is 1090. The molecule has 5 heteroatoms. The number of nitrogens with one attached hydrogen (secondary N) is 2. The molecule has 2 N–H and O–H groups in total. The van der Waals surface area contributed by atoms with Gasteiger partial charge in [0.25, 0.3) is 0 Å². The lowest BCUT2D eigenvalue weighted by Crippen LogP contribution is -1.97. The molecule has 0 unspecified atom stereocenters. The van der Waals surface area contributed by atoms with Crippen molar-refractivity contribution >= 4 is 33.2 Å². The molecule has 0 amide bonds. The first kappa shape index (κ1) is 14.1. The highest BCUT2D eigenvalue weighted by Crippen LogP contribution is 2.31. The quantitative estimate of drug-likeness (QED) is 0.590. The lowest BCUT2D eigenvalue weighted by atomic mass is 10.1. The van der Waals surface area contributed by atoms with Gasteiger partial charge in [0, 0.05) is 40.4 Å². The highest BCUT2D eigenvalue weighted by molar-refractivity contribution is 5.97. The molecule has 0 radical (unpaired) electrons. The summed E-state index contributed by atoms with van der Waals surface area (Å²) in [6.45, 7) is 0. The van der Waals surface area contributed by atoms with Gasteiger partial charge in [-0.05, 0) is 36.4 Å². The molecule has 0 fully saturated rings. The highest BCUT2D eigenvalue weighted by atomic mass is 16.5. The first-order chi connectivity index (χ1) is 11.8. The van der Waals surface area contributed by atoms with E-state index in [1.54, 1.807) is 13.3 Å². The zero-order valence-electron chi connectivity index (χ0n) is 13.0. The predicted molar refractivity (Wildman–Crippen MR) is 94.6 cm³/mol. The number of pyridine rings is 1. The van der Waals surface area contributed by atoms with Crippen LogP contribution in [0.5, 0.6) is 5.75 Å². The average Bonchev–Trinajstić information content (AvgIpc) is 3.09. The van der Waals surface area contributed by atoms with Crippen LogP contribution >= 0.6 is 0 Å². The monoisotopic (exact) mass is 314 g/mol. The first-order valence-corrected chi connectivity index (χ1v) is 7.49. The number of hydrogen-bond acceptors (Lipinski definition) is 4. The van der Waals surface area contributed by atoms with E-state index < -0.39 is 0 Å². The van der Waals surface area contributed by atoms with Gasteiger partial charge < -0.3 is 15.0 Å². The predicted octanol–water partition coefficient (Wildman–Crippen LogP) is 4.34. The minimum Gasteiger partial charge on any atom is -0.497 e. The fourth-order valence-electron chi connectivity index (χ4n) is 2.80. The Labute approximate surface area is 138 Å². The fraction of sp³-hybridized carbons (Fsp3) is 0.0526. The van der Waals surface area contributed by atoms with Crippen molar-refractivity contribution in [2.24, 2.45) is 0 Å². The van der Waals surface area contributed by atoms with Gasteiger partial charge in [-0.1, -0.05) is 0 Å². The molecule has 2 aromatic carbocycles. The third-order valence-corrected chi connectivity index (χ3v) is 4.02. The number of nitriles is 1. The van der Waals surface area contributed by atoms with Crippen LogP contribution < -0.4 is 10.1 Å². The standard InChI is InChI=1S/C19H14N4O/c1-24-15-3-4-16-18(9-15)22-11-13(10-20)19(16)23-14-2-5-17-12(8-14)6-7-21-17/h2-9,11,21H,1H3,(H,22,23). The van der Waals surface area contributed by atoms with Crippen molar-refractivity contribution in [1.29, 1.82) is 5.26 Å². The topological polar surface area (TPSA) is 73.7 Å². The van der Waals surface area contributed by atoms with Crippen LogP contribution in [-0.2, 0) is 0 Å². The number of rotatable bonds is 3. The van der Waals surface area contributed by atoms with Crippen molar-refractivity contribution in [2.45, 2.75) is 0 Å². The number of aromatic amines is 1. The largest absolute Gasteiger partial charge is 0.497 e. The second-order valence-electron chi connectivity index (χ2n) is 5.45. The highest BCUT2D eigenvalue weighted by Gasteiger charge is 2.10. The summed E-state index contributed by atoms with van der Waals surface area (Å²) in [5.41, 5.74) is 4.02. The summed E-state index contributed by atoms with van der Waals surface area (Å²) in [6.07, 6.45) is 3.49. The van der Waals surface area contributed by atoms with Crippen LogP contribution in [0.4, 0.5) is 11.4 Å². The summed E-state index contributed by atoms with van der Waals surface area (Å²) in [5.74, 6) is 0.736. The number of fused-ring (bicyclic) bond motifs is 2. The van der Waals surface area contributed by atoms with E-state index in [1.165, 1.54) is 0 Å². The van der Waals surface area contributed by atoms with Crippen molar-refractivity contribution in [1.82, 2.24) is 9.97 Å². The molecule has 5 nitrogen and oxygen atoms in total. The molecule has 0 aliphatic carbocycles. The zero-order valence-corrected chi connectivity index (χ0v) is 13.0. The zero-order chi connectivity index (χ0) is 16.5. The minimum absolute atomic E-state index is 0.502. The maximum absolute atomic E-state index is 9.44. The summed E-state index contributed by atoms with van der Waals surface area (Å²) in [4.78, 5) is 7.53. The number of anilines is 2. The van der Waals surface area contributed by atoms with Gasteiger partial charge in [0.2, 0.25) is 0 Å². The molecule has 0 aliphatic heterocycles. The van der Waals surface area contributed by atoms with Crippen molar-refractivity contribution in [2.75, 3.05) is 12.4 Å². The number of nitrogens with zero attached hydrogens (tertiary/aromatic N) is 2. The molecule has 4 rings (SSSR count). The number of aromatic nitrogens is 2. The molecule has 0 saturated carbocycles. The third-order valence-electron chi connectivity index (χ3n) is 4.02. The number of hydrogen-bond donors (Lipinski definition) is 2. The van der Waals surface area contributed by atoms with Gasteiger partial charge in [-0.15, -0.1) is 0 Å². The van der Waals surface area contributed by atoms with Crippen LogP contribution in [0.1, 0.15) is 5.56 Å². The van der Waals surface area contributed by atoms with Crippen LogP contribution in [0.3, 0.4) is 0 Å². The van der Waals surface area contributed by atoms with Gasteiger partial charge in [0.15, 0.2) is 0 Å². The van der Waals surface area contributed by atoms with E-state index in [2.05, 4.69) is 21.4 Å². The van der Waals surface area contributed by atoms with Gasteiger partial charge in [0.05, 0.1) is 23.9 Å². The Kier molecular flexibility index (Phi) is 3.29. The number of ether oxygens (including phenoxy) is 1. The van der Waals surface area contributed by atoms with Crippen molar-refractivity contribution in [3.8, 4) is 11.8 Å². The summed E-state index contributed by atoms with van der Waals surface area (Å²) in [7, 11) is 1.62. The summed E-state index contributed by atoms with van der Waals surface area (Å²) in [6, 6.07) is 15.9. The van der Waals surface area contributed by atoms with E-state index in [9.17, 15) is 5.26 Å². The van der Waals surface area contributed by atoms with E-state index in [4.69, 9.17) is 4.74 Å². The summed E-state index contributed by atoms with van der Waals surface area (Å²) < 4.78 is 5.25. The minimum atomic E-state index is 0.502. The second-order valence-corrected chi connectivity index (χ2v) is 5.45. The average molecular weight is 314 g/mol. The maximum Gasteiger partial charge on any atom is 0.121 e. The van der Waals surface area contributed by atoms with Gasteiger partial charge >= 0.3 is 0 Å². The van der Waals surface area contributed by atoms with Crippen LogP contribution in [0.15, 0.2) is 54.9 Å². The van der Waals surface area contributed by atoms with E-state index in [0.717, 1.165) is 38.9 Å². The lowest BCUT2D eigenvalue weighted by Gasteiger charge is -2.12. The van der Waals surface area contributed by atoms with E-state index >= 15 is 0 Å². The lowest BCUT2D eigenvalue weighted by molar-refractivity contribution is 0.415. The van der Waals surface area contributed by atoms with Gasteiger partial charge in [-0.2, -0.15) is 5.26 Å². The van der Waals surface area contributed by atoms with Crippen LogP contribution in [-0.4, -0.2) is 17.1 Å². The smallest absolute Gasteiger partial charge is 0.121 e. The Hall–Kier alpha value is -3.52.